The number of halogens is 2. The number of carbonyl (C=O) groups is 1. The Bertz CT molecular complexity index is 854. The Morgan fingerprint density at radius 1 is 1.24 bits per heavy atom. The van der Waals surface area contributed by atoms with Crippen molar-refractivity contribution in [2.24, 2.45) is 0 Å². The lowest BCUT2D eigenvalue weighted by Gasteiger charge is -2.02. The van der Waals surface area contributed by atoms with E-state index < -0.39 is 0 Å². The number of hydrogen-bond donors (Lipinski definition) is 1. The minimum atomic E-state index is -0.146. The Morgan fingerprint density at radius 3 is 2.68 bits per heavy atom. The van der Waals surface area contributed by atoms with E-state index in [2.05, 4.69) is 43.1 Å². The molecule has 2 aromatic heterocycles. The van der Waals surface area contributed by atoms with Gasteiger partial charge >= 0.3 is 0 Å². The largest absolute Gasteiger partial charge is 0.293 e. The van der Waals surface area contributed by atoms with Crippen LogP contribution in [0.25, 0.3) is 0 Å². The maximum Gasteiger partial charge on any atom is 0.248 e. The van der Waals surface area contributed by atoms with Crippen LogP contribution in [0.15, 0.2) is 36.8 Å². The molecule has 1 amide bonds. The molecule has 1 N–H and O–H groups in total. The highest BCUT2D eigenvalue weighted by Crippen LogP contribution is 2.11. The van der Waals surface area contributed by atoms with Crippen LogP contribution in [0.5, 0.6) is 0 Å². The molecule has 0 bridgehead atoms. The van der Waals surface area contributed by atoms with E-state index in [9.17, 15) is 4.79 Å². The molecule has 0 radical (unpaired) electrons. The lowest BCUT2D eigenvalue weighted by molar-refractivity contribution is -0.116. The normalized spacial score (nSPS) is 10.8. The van der Waals surface area contributed by atoms with Gasteiger partial charge in [-0.15, -0.1) is 5.10 Å². The number of nitrogens with zero attached hydrogens (tertiary/aromatic N) is 5. The van der Waals surface area contributed by atoms with E-state index in [1.807, 2.05) is 37.4 Å². The third kappa shape index (κ3) is 5.02. The van der Waals surface area contributed by atoms with Crippen molar-refractivity contribution >= 4 is 46.0 Å². The number of nitrogens with one attached hydrogen (secondary N) is 1. The Kier molecular flexibility index (Phi) is 5.69. The first-order valence-electron chi connectivity index (χ1n) is 7.63. The van der Waals surface area contributed by atoms with E-state index in [1.165, 1.54) is 0 Å². The van der Waals surface area contributed by atoms with Crippen LogP contribution >= 0.6 is 34.2 Å². The molecule has 0 spiro atoms. The number of amides is 1. The third-order valence-electron chi connectivity index (χ3n) is 3.50. The Hall–Kier alpha value is -1.94. The molecule has 0 aliphatic heterocycles. The van der Waals surface area contributed by atoms with Crippen molar-refractivity contribution in [1.82, 2.24) is 24.5 Å². The SMILES string of the molecule is Cc1nn(CCC(=O)Nc2ncn(Cc3ccc(Cl)cc3)n2)cc1I. The van der Waals surface area contributed by atoms with Crippen LogP contribution in [-0.2, 0) is 17.9 Å². The average Bonchev–Trinajstić information content (AvgIpc) is 3.14. The molecule has 2 heterocycles. The summed E-state index contributed by atoms with van der Waals surface area (Å²) in [5.74, 6) is 0.151. The summed E-state index contributed by atoms with van der Waals surface area (Å²) in [5, 5.41) is 12.0. The smallest absolute Gasteiger partial charge is 0.248 e. The lowest BCUT2D eigenvalue weighted by atomic mass is 10.2. The molecule has 0 saturated carbocycles. The molecular weight excluding hydrogens is 455 g/mol. The van der Waals surface area contributed by atoms with Crippen molar-refractivity contribution in [1.29, 1.82) is 0 Å². The van der Waals surface area contributed by atoms with Crippen LogP contribution in [0.3, 0.4) is 0 Å². The van der Waals surface area contributed by atoms with Crippen LogP contribution in [0.2, 0.25) is 5.02 Å². The monoisotopic (exact) mass is 470 g/mol. The highest BCUT2D eigenvalue weighted by Gasteiger charge is 2.08. The van der Waals surface area contributed by atoms with E-state index >= 15 is 0 Å². The summed E-state index contributed by atoms with van der Waals surface area (Å²) in [6, 6.07) is 7.51. The van der Waals surface area contributed by atoms with Crippen LogP contribution in [0, 0.1) is 10.5 Å². The molecule has 7 nitrogen and oxygen atoms in total. The zero-order valence-electron chi connectivity index (χ0n) is 13.5. The highest BCUT2D eigenvalue weighted by atomic mass is 127. The predicted molar refractivity (Wildman–Crippen MR) is 104 cm³/mol. The van der Waals surface area contributed by atoms with Gasteiger partial charge in [0.15, 0.2) is 0 Å². The first-order valence-corrected chi connectivity index (χ1v) is 9.08. The quantitative estimate of drug-likeness (QED) is 0.562. The molecule has 0 unspecified atom stereocenters. The zero-order valence-corrected chi connectivity index (χ0v) is 16.4. The van der Waals surface area contributed by atoms with Crippen molar-refractivity contribution in [2.75, 3.05) is 5.32 Å². The van der Waals surface area contributed by atoms with Crippen LogP contribution in [0.4, 0.5) is 5.95 Å². The number of hydrogen-bond acceptors (Lipinski definition) is 4. The summed E-state index contributed by atoms with van der Waals surface area (Å²) in [7, 11) is 0. The molecule has 1 aromatic carbocycles. The molecule has 0 fully saturated rings. The second-order valence-electron chi connectivity index (χ2n) is 5.52. The van der Waals surface area contributed by atoms with Gasteiger partial charge in [0.2, 0.25) is 11.9 Å². The molecule has 0 aliphatic rings. The summed E-state index contributed by atoms with van der Waals surface area (Å²) >= 11 is 8.09. The van der Waals surface area contributed by atoms with Gasteiger partial charge in [0.05, 0.1) is 15.8 Å². The van der Waals surface area contributed by atoms with Crippen molar-refractivity contribution < 1.29 is 4.79 Å². The van der Waals surface area contributed by atoms with Gasteiger partial charge in [-0.3, -0.25) is 14.8 Å². The predicted octanol–water partition coefficient (Wildman–Crippen LogP) is 3.12. The minimum Gasteiger partial charge on any atom is -0.293 e. The van der Waals surface area contributed by atoms with Crippen molar-refractivity contribution in [3.8, 4) is 0 Å². The molecule has 3 aromatic rings. The number of aryl methyl sites for hydroxylation is 2. The first kappa shape index (κ1) is 17.9. The van der Waals surface area contributed by atoms with Crippen molar-refractivity contribution in [3.63, 3.8) is 0 Å². The van der Waals surface area contributed by atoms with Gasteiger partial charge in [-0.05, 0) is 47.2 Å². The summed E-state index contributed by atoms with van der Waals surface area (Å²) in [5.41, 5.74) is 2.01. The number of benzene rings is 1. The van der Waals surface area contributed by atoms with E-state index in [4.69, 9.17) is 11.6 Å². The fraction of sp³-hybridized carbons (Fsp3) is 0.250. The van der Waals surface area contributed by atoms with Crippen LogP contribution in [-0.4, -0.2) is 30.5 Å². The topological polar surface area (TPSA) is 77.6 Å². The van der Waals surface area contributed by atoms with E-state index in [1.54, 1.807) is 15.7 Å². The van der Waals surface area contributed by atoms with Gasteiger partial charge in [-0.2, -0.15) is 5.10 Å². The average molecular weight is 471 g/mol. The van der Waals surface area contributed by atoms with Crippen molar-refractivity contribution in [3.05, 3.63) is 56.6 Å². The number of anilines is 1. The molecule has 9 heteroatoms. The number of carbonyl (C=O) groups excluding carboxylic acids is 1. The molecule has 25 heavy (non-hydrogen) atoms. The Morgan fingerprint density at radius 2 is 2.00 bits per heavy atom. The number of rotatable bonds is 6. The van der Waals surface area contributed by atoms with Gasteiger partial charge in [0.25, 0.3) is 0 Å². The van der Waals surface area contributed by atoms with E-state index in [-0.39, 0.29) is 5.91 Å². The van der Waals surface area contributed by atoms with Gasteiger partial charge < -0.3 is 0 Å². The van der Waals surface area contributed by atoms with Gasteiger partial charge in [0.1, 0.15) is 6.33 Å². The fourth-order valence-electron chi connectivity index (χ4n) is 2.22. The molecule has 130 valence electrons. The lowest BCUT2D eigenvalue weighted by Crippen LogP contribution is -2.16. The molecule has 3 rings (SSSR count). The first-order chi connectivity index (χ1) is 12.0. The van der Waals surface area contributed by atoms with Crippen molar-refractivity contribution in [2.45, 2.75) is 26.4 Å². The summed E-state index contributed by atoms with van der Waals surface area (Å²) in [4.78, 5) is 16.1. The van der Waals surface area contributed by atoms with Gasteiger partial charge in [0, 0.05) is 24.2 Å². The van der Waals surface area contributed by atoms with Crippen LogP contribution < -0.4 is 5.32 Å². The van der Waals surface area contributed by atoms with E-state index in [0.29, 0.717) is 30.5 Å². The molecular formula is C16H16ClIN6O. The Labute approximate surface area is 163 Å². The Balaban J connectivity index is 1.51. The maximum absolute atomic E-state index is 12.0. The highest BCUT2D eigenvalue weighted by molar-refractivity contribution is 14.1. The minimum absolute atomic E-state index is 0.146. The number of aromatic nitrogens is 5. The van der Waals surface area contributed by atoms with E-state index in [0.717, 1.165) is 14.8 Å². The standard InChI is InChI=1S/C16H16ClIN6O/c1-11-14(18)9-23(21-11)7-6-15(25)20-16-19-10-24(22-16)8-12-2-4-13(17)5-3-12/h2-5,9-10H,6-8H2,1H3,(H,20,22,25). The second-order valence-corrected chi connectivity index (χ2v) is 7.11. The summed E-state index contributed by atoms with van der Waals surface area (Å²) < 4.78 is 4.52. The summed E-state index contributed by atoms with van der Waals surface area (Å²) in [6.45, 7) is 3.02. The second kappa shape index (κ2) is 7.96. The molecule has 0 atom stereocenters. The van der Waals surface area contributed by atoms with Gasteiger partial charge in [-0.25, -0.2) is 9.67 Å². The van der Waals surface area contributed by atoms with Gasteiger partial charge in [-0.1, -0.05) is 23.7 Å². The summed E-state index contributed by atoms with van der Waals surface area (Å²) in [6.07, 6.45) is 3.81. The maximum atomic E-state index is 12.0. The molecule has 0 aliphatic carbocycles. The fourth-order valence-corrected chi connectivity index (χ4v) is 2.77. The third-order valence-corrected chi connectivity index (χ3v) is 4.81. The zero-order chi connectivity index (χ0) is 17.8. The van der Waals surface area contributed by atoms with Crippen LogP contribution in [0.1, 0.15) is 17.7 Å². The molecule has 0 saturated heterocycles.